The van der Waals surface area contributed by atoms with Gasteiger partial charge in [-0.05, 0) is 39.2 Å². The van der Waals surface area contributed by atoms with Gasteiger partial charge in [0, 0.05) is 10.8 Å². The van der Waals surface area contributed by atoms with Crippen LogP contribution in [0.4, 0.5) is 5.82 Å². The normalized spacial score (nSPS) is 12.2. The Morgan fingerprint density at radius 3 is 2.43 bits per heavy atom. The number of carbonyl (C=O) groups is 1. The molecule has 1 aromatic carbocycles. The molecule has 0 aliphatic carbocycles. The minimum atomic E-state index is -0.565. The van der Waals surface area contributed by atoms with Crippen LogP contribution in [0.1, 0.15) is 31.3 Å². The number of hydrogen-bond donors (Lipinski definition) is 2. The van der Waals surface area contributed by atoms with E-state index in [1.807, 2.05) is 27.0 Å². The molecule has 0 aliphatic rings. The number of benzene rings is 1. The van der Waals surface area contributed by atoms with Gasteiger partial charge in [-0.1, -0.05) is 11.8 Å². The van der Waals surface area contributed by atoms with E-state index < -0.39 is 5.91 Å². The van der Waals surface area contributed by atoms with Gasteiger partial charge in [-0.3, -0.25) is 9.48 Å². The number of nitrogens with two attached hydrogens (primary N) is 2. The molecule has 3 aromatic rings. The molecule has 3 rings (SSSR count). The predicted molar refractivity (Wildman–Crippen MR) is 92.5 cm³/mol. The van der Waals surface area contributed by atoms with Gasteiger partial charge in [0.25, 0.3) is 5.91 Å². The zero-order chi connectivity index (χ0) is 16.9. The first kappa shape index (κ1) is 15.5. The van der Waals surface area contributed by atoms with E-state index in [1.165, 1.54) is 11.8 Å². The summed E-state index contributed by atoms with van der Waals surface area (Å²) < 4.78 is 1.78. The van der Waals surface area contributed by atoms with Crippen LogP contribution in [-0.2, 0) is 5.54 Å². The zero-order valence-electron chi connectivity index (χ0n) is 13.4. The minimum absolute atomic E-state index is 0.236. The van der Waals surface area contributed by atoms with Crippen LogP contribution in [0.25, 0.3) is 21.8 Å². The Bertz CT molecular complexity index is 941. The molecule has 8 heteroatoms. The highest BCUT2D eigenvalue weighted by atomic mass is 32.2. The van der Waals surface area contributed by atoms with E-state index in [2.05, 4.69) is 15.1 Å². The molecule has 2 heterocycles. The lowest BCUT2D eigenvalue weighted by Gasteiger charge is -2.21. The summed E-state index contributed by atoms with van der Waals surface area (Å²) in [6.07, 6.45) is 1.89. The van der Waals surface area contributed by atoms with E-state index in [0.29, 0.717) is 21.9 Å². The smallest absolute Gasteiger partial charge is 0.269 e. The summed E-state index contributed by atoms with van der Waals surface area (Å²) >= 11 is 1.41. The van der Waals surface area contributed by atoms with Gasteiger partial charge >= 0.3 is 0 Å². The van der Waals surface area contributed by atoms with Crippen molar-refractivity contribution in [3.8, 4) is 0 Å². The lowest BCUT2D eigenvalue weighted by atomic mass is 10.1. The third kappa shape index (κ3) is 2.39. The van der Waals surface area contributed by atoms with E-state index in [0.717, 1.165) is 10.9 Å². The fourth-order valence-corrected chi connectivity index (χ4v) is 2.92. The van der Waals surface area contributed by atoms with Gasteiger partial charge in [0.2, 0.25) is 0 Å². The molecule has 7 nitrogen and oxygen atoms in total. The van der Waals surface area contributed by atoms with Crippen molar-refractivity contribution in [2.75, 3.05) is 12.0 Å². The Morgan fingerprint density at radius 1 is 1.22 bits per heavy atom. The van der Waals surface area contributed by atoms with E-state index in [1.54, 1.807) is 16.8 Å². The molecule has 0 radical (unpaired) electrons. The third-order valence-electron chi connectivity index (χ3n) is 3.57. The summed E-state index contributed by atoms with van der Waals surface area (Å²) in [6, 6.07) is 3.60. The Labute approximate surface area is 137 Å². The highest BCUT2D eigenvalue weighted by molar-refractivity contribution is 7.98. The number of thioether (sulfide) groups is 1. The molecule has 0 fully saturated rings. The molecule has 0 spiro atoms. The average Bonchev–Trinajstić information content (AvgIpc) is 2.87. The molecular weight excluding hydrogens is 312 g/mol. The van der Waals surface area contributed by atoms with Gasteiger partial charge in [0.15, 0.2) is 10.9 Å². The first-order valence-corrected chi connectivity index (χ1v) is 8.29. The van der Waals surface area contributed by atoms with Crippen LogP contribution in [0.3, 0.4) is 0 Å². The third-order valence-corrected chi connectivity index (χ3v) is 4.12. The lowest BCUT2D eigenvalue weighted by molar-refractivity contribution is 0.0995. The number of anilines is 1. The van der Waals surface area contributed by atoms with E-state index in [4.69, 9.17) is 11.5 Å². The first-order chi connectivity index (χ1) is 10.7. The summed E-state index contributed by atoms with van der Waals surface area (Å²) in [6.45, 7) is 6.01. The predicted octanol–water partition coefficient (Wildman–Crippen LogP) is 2.14. The quantitative estimate of drug-likeness (QED) is 0.550. The molecule has 0 unspecified atom stereocenters. The number of nitrogen functional groups attached to an aromatic ring is 1. The van der Waals surface area contributed by atoms with Crippen molar-refractivity contribution in [1.29, 1.82) is 0 Å². The van der Waals surface area contributed by atoms with Crippen molar-refractivity contribution in [3.05, 3.63) is 17.8 Å². The molecule has 0 bridgehead atoms. The van der Waals surface area contributed by atoms with Crippen LogP contribution in [0.5, 0.6) is 0 Å². The number of amides is 1. The van der Waals surface area contributed by atoms with Gasteiger partial charge in [-0.15, -0.1) is 0 Å². The molecule has 0 atom stereocenters. The van der Waals surface area contributed by atoms with Gasteiger partial charge < -0.3 is 11.5 Å². The number of hydrogen-bond acceptors (Lipinski definition) is 6. The van der Waals surface area contributed by atoms with Crippen LogP contribution < -0.4 is 11.5 Å². The summed E-state index contributed by atoms with van der Waals surface area (Å²) in [5.41, 5.74) is 12.9. The first-order valence-electron chi connectivity index (χ1n) is 7.07. The monoisotopic (exact) mass is 330 g/mol. The molecular formula is C15H18N6OS. The van der Waals surface area contributed by atoms with Crippen LogP contribution >= 0.6 is 11.8 Å². The number of carbonyl (C=O) groups excluding carboxylic acids is 1. The van der Waals surface area contributed by atoms with E-state index in [-0.39, 0.29) is 11.2 Å². The van der Waals surface area contributed by atoms with E-state index in [9.17, 15) is 4.79 Å². The van der Waals surface area contributed by atoms with Crippen LogP contribution in [0, 0.1) is 0 Å². The average molecular weight is 330 g/mol. The van der Waals surface area contributed by atoms with Gasteiger partial charge in [0.05, 0.1) is 11.1 Å². The topological polar surface area (TPSA) is 113 Å². The highest BCUT2D eigenvalue weighted by Crippen LogP contribution is 2.33. The molecule has 120 valence electrons. The molecule has 2 aromatic heterocycles. The maximum Gasteiger partial charge on any atom is 0.269 e. The maximum absolute atomic E-state index is 11.8. The second-order valence-corrected chi connectivity index (χ2v) is 7.02. The van der Waals surface area contributed by atoms with Crippen molar-refractivity contribution in [1.82, 2.24) is 19.7 Å². The Kier molecular flexibility index (Phi) is 3.44. The summed E-state index contributed by atoms with van der Waals surface area (Å²) in [4.78, 5) is 20.6. The van der Waals surface area contributed by atoms with Crippen LogP contribution in [0.15, 0.2) is 17.3 Å². The molecule has 4 N–H and O–H groups in total. The standard InChI is InChI=1S/C15H18N6OS/c1-15(2,3)21-11-7(10(20-21)13(17)22)5-6-8-9(11)18-14(23-4)19-12(8)16/h5-6H,1-4H3,(H2,17,22)(H2,16,18,19). The second kappa shape index (κ2) is 5.09. The number of aromatic nitrogens is 4. The fraction of sp³-hybridized carbons (Fsp3) is 0.333. The molecule has 1 amide bonds. The van der Waals surface area contributed by atoms with Crippen molar-refractivity contribution < 1.29 is 4.79 Å². The highest BCUT2D eigenvalue weighted by Gasteiger charge is 2.25. The number of fused-ring (bicyclic) bond motifs is 3. The second-order valence-electron chi connectivity index (χ2n) is 6.25. The largest absolute Gasteiger partial charge is 0.383 e. The van der Waals surface area contributed by atoms with Crippen molar-refractivity contribution in [2.24, 2.45) is 5.73 Å². The van der Waals surface area contributed by atoms with Crippen LogP contribution in [0.2, 0.25) is 0 Å². The Morgan fingerprint density at radius 2 is 1.87 bits per heavy atom. The SMILES string of the molecule is CSc1nc(N)c2ccc3c(C(N)=O)nn(C(C)(C)C)c3c2n1. The Balaban J connectivity index is 2.56. The fourth-order valence-electron chi connectivity index (χ4n) is 2.55. The number of nitrogens with zero attached hydrogens (tertiary/aromatic N) is 4. The molecule has 23 heavy (non-hydrogen) atoms. The van der Waals surface area contributed by atoms with Gasteiger partial charge in [0.1, 0.15) is 11.3 Å². The molecule has 0 saturated heterocycles. The zero-order valence-corrected chi connectivity index (χ0v) is 14.2. The van der Waals surface area contributed by atoms with Gasteiger partial charge in [-0.25, -0.2) is 9.97 Å². The van der Waals surface area contributed by atoms with Gasteiger partial charge in [-0.2, -0.15) is 5.10 Å². The molecule has 0 aliphatic heterocycles. The van der Waals surface area contributed by atoms with Crippen molar-refractivity contribution in [3.63, 3.8) is 0 Å². The maximum atomic E-state index is 11.8. The summed E-state index contributed by atoms with van der Waals surface area (Å²) in [7, 11) is 0. The minimum Gasteiger partial charge on any atom is -0.383 e. The number of rotatable bonds is 2. The van der Waals surface area contributed by atoms with Crippen LogP contribution in [-0.4, -0.2) is 31.9 Å². The van der Waals surface area contributed by atoms with E-state index >= 15 is 0 Å². The van der Waals surface area contributed by atoms with Crippen molar-refractivity contribution in [2.45, 2.75) is 31.5 Å². The molecule has 0 saturated carbocycles. The summed E-state index contributed by atoms with van der Waals surface area (Å²) in [5.74, 6) is -0.159. The lowest BCUT2D eigenvalue weighted by Crippen LogP contribution is -2.24. The summed E-state index contributed by atoms with van der Waals surface area (Å²) in [5, 5.41) is 6.41. The van der Waals surface area contributed by atoms with Crippen molar-refractivity contribution >= 4 is 45.3 Å². The Hall–Kier alpha value is -2.35. The number of primary amides is 1.